The summed E-state index contributed by atoms with van der Waals surface area (Å²) in [6.07, 6.45) is 0. The zero-order valence-corrected chi connectivity index (χ0v) is 14.9. The van der Waals surface area contributed by atoms with Crippen LogP contribution in [-0.4, -0.2) is 36.7 Å². The Morgan fingerprint density at radius 1 is 1.33 bits per heavy atom. The number of rotatable bonds is 5. The summed E-state index contributed by atoms with van der Waals surface area (Å²) in [6.45, 7) is 7.40. The van der Waals surface area contributed by atoms with Crippen LogP contribution in [0.4, 0.5) is 4.39 Å². The maximum absolute atomic E-state index is 13.0. The lowest BCUT2D eigenvalue weighted by Gasteiger charge is -2.23. The zero-order valence-electron chi connectivity index (χ0n) is 14.9. The van der Waals surface area contributed by atoms with E-state index in [1.165, 1.54) is 12.1 Å². The molecule has 0 saturated carbocycles. The van der Waals surface area contributed by atoms with Crippen LogP contribution in [0, 0.1) is 19.7 Å². The minimum absolute atomic E-state index is 0.225. The molecule has 0 radical (unpaired) electrons. The first-order chi connectivity index (χ1) is 11.4. The van der Waals surface area contributed by atoms with E-state index in [-0.39, 0.29) is 11.7 Å². The van der Waals surface area contributed by atoms with Crippen molar-refractivity contribution >= 4 is 5.96 Å². The molecule has 2 rings (SSSR count). The number of nitrogens with zero attached hydrogens (tertiary/aromatic N) is 3. The zero-order chi connectivity index (χ0) is 17.7. The maximum atomic E-state index is 13.0. The van der Waals surface area contributed by atoms with Gasteiger partial charge in [-0.05, 0) is 31.5 Å². The standard InChI is InChI=1S/C18H25FN4O/c1-12(17-13(2)22-24-14(17)3)10-21-18(20-4)23(5)11-15-6-8-16(19)9-7-15/h6-9,12H,10-11H2,1-5H3,(H,20,21). The lowest BCUT2D eigenvalue weighted by atomic mass is 10.00. The van der Waals surface area contributed by atoms with Gasteiger partial charge in [0.25, 0.3) is 0 Å². The molecule has 1 heterocycles. The highest BCUT2D eigenvalue weighted by Crippen LogP contribution is 2.22. The molecule has 6 heteroatoms. The highest BCUT2D eigenvalue weighted by molar-refractivity contribution is 5.79. The van der Waals surface area contributed by atoms with Crippen LogP contribution in [0.2, 0.25) is 0 Å². The van der Waals surface area contributed by atoms with E-state index in [1.807, 2.05) is 25.8 Å². The monoisotopic (exact) mass is 332 g/mol. The second kappa shape index (κ2) is 7.95. The Morgan fingerprint density at radius 2 is 2.00 bits per heavy atom. The maximum Gasteiger partial charge on any atom is 0.193 e. The molecule has 0 aliphatic carbocycles. The Kier molecular flexibility index (Phi) is 5.95. The Balaban J connectivity index is 1.95. The number of benzene rings is 1. The second-order valence-corrected chi connectivity index (χ2v) is 6.05. The number of aliphatic imine (C=N–C) groups is 1. The molecule has 2 aromatic rings. The molecule has 5 nitrogen and oxygen atoms in total. The third-order valence-corrected chi connectivity index (χ3v) is 4.05. The normalized spacial score (nSPS) is 13.0. The Morgan fingerprint density at radius 3 is 2.54 bits per heavy atom. The highest BCUT2D eigenvalue weighted by Gasteiger charge is 2.17. The van der Waals surface area contributed by atoms with Crippen molar-refractivity contribution in [2.24, 2.45) is 4.99 Å². The lowest BCUT2D eigenvalue weighted by molar-refractivity contribution is 0.391. The van der Waals surface area contributed by atoms with Gasteiger partial charge in [0.1, 0.15) is 11.6 Å². The van der Waals surface area contributed by atoms with E-state index in [0.29, 0.717) is 6.54 Å². The summed E-state index contributed by atoms with van der Waals surface area (Å²) < 4.78 is 18.2. The number of halogens is 1. The first-order valence-electron chi connectivity index (χ1n) is 8.01. The predicted octanol–water partition coefficient (Wildman–Crippen LogP) is 3.24. The van der Waals surface area contributed by atoms with Gasteiger partial charge in [0.15, 0.2) is 5.96 Å². The van der Waals surface area contributed by atoms with Crippen molar-refractivity contribution in [1.29, 1.82) is 0 Å². The molecular formula is C18H25FN4O. The largest absolute Gasteiger partial charge is 0.361 e. The van der Waals surface area contributed by atoms with Crippen molar-refractivity contribution in [3.63, 3.8) is 0 Å². The van der Waals surface area contributed by atoms with Crippen molar-refractivity contribution in [2.45, 2.75) is 33.2 Å². The van der Waals surface area contributed by atoms with Gasteiger partial charge in [-0.1, -0.05) is 24.2 Å². The van der Waals surface area contributed by atoms with E-state index >= 15 is 0 Å². The van der Waals surface area contributed by atoms with E-state index in [1.54, 1.807) is 19.2 Å². The van der Waals surface area contributed by atoms with Crippen LogP contribution in [0.5, 0.6) is 0 Å². The number of hydrogen-bond acceptors (Lipinski definition) is 3. The first kappa shape index (κ1) is 18.0. The third-order valence-electron chi connectivity index (χ3n) is 4.05. The van der Waals surface area contributed by atoms with Crippen molar-refractivity contribution < 1.29 is 8.91 Å². The minimum atomic E-state index is -0.225. The lowest BCUT2D eigenvalue weighted by Crippen LogP contribution is -2.40. The van der Waals surface area contributed by atoms with Crippen LogP contribution in [0.15, 0.2) is 33.8 Å². The van der Waals surface area contributed by atoms with Gasteiger partial charge in [-0.15, -0.1) is 0 Å². The molecule has 1 aromatic carbocycles. The summed E-state index contributed by atoms with van der Waals surface area (Å²) in [6, 6.07) is 6.51. The molecule has 0 spiro atoms. The number of aryl methyl sites for hydroxylation is 2. The highest BCUT2D eigenvalue weighted by atomic mass is 19.1. The van der Waals surface area contributed by atoms with Gasteiger partial charge in [0, 0.05) is 38.7 Å². The number of nitrogens with one attached hydrogen (secondary N) is 1. The van der Waals surface area contributed by atoms with Gasteiger partial charge in [-0.3, -0.25) is 4.99 Å². The average Bonchev–Trinajstić information content (AvgIpc) is 2.89. The predicted molar refractivity (Wildman–Crippen MR) is 93.6 cm³/mol. The van der Waals surface area contributed by atoms with E-state index < -0.39 is 0 Å². The van der Waals surface area contributed by atoms with Gasteiger partial charge in [-0.25, -0.2) is 4.39 Å². The van der Waals surface area contributed by atoms with Crippen molar-refractivity contribution in [2.75, 3.05) is 20.6 Å². The van der Waals surface area contributed by atoms with E-state index in [9.17, 15) is 4.39 Å². The van der Waals surface area contributed by atoms with Crippen LogP contribution in [0.1, 0.15) is 35.4 Å². The molecular weight excluding hydrogens is 307 g/mol. The van der Waals surface area contributed by atoms with Gasteiger partial charge >= 0.3 is 0 Å². The number of guanidine groups is 1. The molecule has 0 bridgehead atoms. The summed E-state index contributed by atoms with van der Waals surface area (Å²) in [5, 5.41) is 7.38. The van der Waals surface area contributed by atoms with Crippen LogP contribution in [-0.2, 0) is 6.54 Å². The second-order valence-electron chi connectivity index (χ2n) is 6.05. The van der Waals surface area contributed by atoms with Crippen LogP contribution in [0.25, 0.3) is 0 Å². The van der Waals surface area contributed by atoms with E-state index in [4.69, 9.17) is 4.52 Å². The van der Waals surface area contributed by atoms with Crippen LogP contribution < -0.4 is 5.32 Å². The van der Waals surface area contributed by atoms with Crippen molar-refractivity contribution in [3.8, 4) is 0 Å². The van der Waals surface area contributed by atoms with Crippen molar-refractivity contribution in [3.05, 3.63) is 52.7 Å². The quantitative estimate of drug-likeness (QED) is 0.674. The molecule has 1 aromatic heterocycles. The van der Waals surface area contributed by atoms with Gasteiger partial charge in [-0.2, -0.15) is 0 Å². The smallest absolute Gasteiger partial charge is 0.193 e. The van der Waals surface area contributed by atoms with Gasteiger partial charge in [0.05, 0.1) is 5.69 Å². The Bertz CT molecular complexity index is 674. The van der Waals surface area contributed by atoms with Gasteiger partial charge in [0.2, 0.25) is 0 Å². The topological polar surface area (TPSA) is 53.7 Å². The summed E-state index contributed by atoms with van der Waals surface area (Å²) in [4.78, 5) is 6.33. The fourth-order valence-corrected chi connectivity index (χ4v) is 2.86. The molecule has 1 unspecified atom stereocenters. The van der Waals surface area contributed by atoms with Crippen molar-refractivity contribution in [1.82, 2.24) is 15.4 Å². The summed E-state index contributed by atoms with van der Waals surface area (Å²) in [7, 11) is 3.71. The fraction of sp³-hybridized carbons (Fsp3) is 0.444. The molecule has 130 valence electrons. The molecule has 0 saturated heterocycles. The Hall–Kier alpha value is -2.37. The molecule has 0 aliphatic heterocycles. The molecule has 0 fully saturated rings. The molecule has 0 aliphatic rings. The minimum Gasteiger partial charge on any atom is -0.361 e. The summed E-state index contributed by atoms with van der Waals surface area (Å²) in [5.74, 6) is 1.68. The molecule has 24 heavy (non-hydrogen) atoms. The van der Waals surface area contributed by atoms with E-state index in [0.717, 1.165) is 35.1 Å². The Labute approximate surface area is 142 Å². The van der Waals surface area contributed by atoms with Crippen LogP contribution >= 0.6 is 0 Å². The average molecular weight is 332 g/mol. The van der Waals surface area contributed by atoms with E-state index in [2.05, 4.69) is 22.4 Å². The van der Waals surface area contributed by atoms with Crippen LogP contribution in [0.3, 0.4) is 0 Å². The third kappa shape index (κ3) is 4.34. The number of hydrogen-bond donors (Lipinski definition) is 1. The SMILES string of the molecule is CN=C(NCC(C)c1c(C)noc1C)N(C)Cc1ccc(F)cc1. The number of aromatic nitrogens is 1. The summed E-state index contributed by atoms with van der Waals surface area (Å²) in [5.41, 5.74) is 3.09. The fourth-order valence-electron chi connectivity index (χ4n) is 2.86. The first-order valence-corrected chi connectivity index (χ1v) is 8.01. The summed E-state index contributed by atoms with van der Waals surface area (Å²) >= 11 is 0. The van der Waals surface area contributed by atoms with Gasteiger partial charge < -0.3 is 14.7 Å². The molecule has 0 amide bonds. The molecule has 1 N–H and O–H groups in total. The molecule has 1 atom stereocenters.